The van der Waals surface area contributed by atoms with E-state index in [0.717, 1.165) is 6.42 Å². The van der Waals surface area contributed by atoms with Crippen LogP contribution in [0.3, 0.4) is 0 Å². The van der Waals surface area contributed by atoms with E-state index in [9.17, 15) is 0 Å². The largest absolute Gasteiger partial charge is 0.0767 e. The van der Waals surface area contributed by atoms with Gasteiger partial charge < -0.3 is 0 Å². The van der Waals surface area contributed by atoms with Gasteiger partial charge in [0.1, 0.15) is 0 Å². The molecule has 0 fully saturated rings. The summed E-state index contributed by atoms with van der Waals surface area (Å²) in [6.07, 6.45) is 46.8. The highest BCUT2D eigenvalue weighted by Gasteiger charge is 2.35. The molecule has 7 atom stereocenters. The van der Waals surface area contributed by atoms with Crippen LogP contribution < -0.4 is 20.9 Å². The summed E-state index contributed by atoms with van der Waals surface area (Å²) in [7, 11) is 0. The number of fused-ring (bicyclic) bond motifs is 6. The van der Waals surface area contributed by atoms with Crippen molar-refractivity contribution in [2.75, 3.05) is 0 Å². The van der Waals surface area contributed by atoms with E-state index in [1.165, 1.54) is 81.8 Å². The van der Waals surface area contributed by atoms with Crippen molar-refractivity contribution in [1.82, 2.24) is 0 Å². The van der Waals surface area contributed by atoms with Crippen LogP contribution in [-0.4, -0.2) is 0 Å². The van der Waals surface area contributed by atoms with Crippen LogP contribution in [0.4, 0.5) is 0 Å². The Kier molecular flexibility index (Phi) is 8.51. The van der Waals surface area contributed by atoms with E-state index in [0.29, 0.717) is 23.7 Å². The second-order valence-electron chi connectivity index (χ2n) is 17.3. The number of hydrogen-bond acceptors (Lipinski definition) is 0. The Hall–Kier alpha value is -6.76. The van der Waals surface area contributed by atoms with E-state index in [2.05, 4.69) is 225 Å². The molecule has 0 radical (unpaired) electrons. The molecule has 0 heteroatoms. The van der Waals surface area contributed by atoms with Crippen LogP contribution >= 0.6 is 0 Å². The van der Waals surface area contributed by atoms with Gasteiger partial charge in [-0.05, 0) is 88.2 Å². The van der Waals surface area contributed by atoms with Gasteiger partial charge in [-0.25, -0.2) is 0 Å². The average molecular weight is 767 g/mol. The quantitative estimate of drug-likeness (QED) is 0.167. The predicted molar refractivity (Wildman–Crippen MR) is 253 cm³/mol. The fourth-order valence-corrected chi connectivity index (χ4v) is 11.3. The van der Waals surface area contributed by atoms with Gasteiger partial charge in [0.05, 0.1) is 0 Å². The highest BCUT2D eigenvalue weighted by Crippen LogP contribution is 2.45. The fourth-order valence-electron chi connectivity index (χ4n) is 11.3. The molecule has 12 rings (SSSR count). The summed E-state index contributed by atoms with van der Waals surface area (Å²) in [5.41, 5.74) is 12.3. The van der Waals surface area contributed by atoms with Crippen molar-refractivity contribution in [3.8, 4) is 11.1 Å². The molecular formula is C60H46. The first-order chi connectivity index (χ1) is 29.8. The fraction of sp³-hybridized carbons (Fsp3) is 0.133. The molecule has 7 unspecified atom stereocenters. The Morgan fingerprint density at radius 1 is 0.383 bits per heavy atom. The first-order valence-electron chi connectivity index (χ1n) is 21.9. The Morgan fingerprint density at radius 3 is 1.65 bits per heavy atom. The molecule has 5 aromatic carbocycles. The van der Waals surface area contributed by atoms with Crippen LogP contribution in [0.1, 0.15) is 17.5 Å². The molecule has 0 saturated heterocycles. The minimum absolute atomic E-state index is 0.198. The van der Waals surface area contributed by atoms with Crippen LogP contribution in [0, 0.1) is 41.4 Å². The summed E-state index contributed by atoms with van der Waals surface area (Å²) in [4.78, 5) is 0. The van der Waals surface area contributed by atoms with Gasteiger partial charge in [0, 0.05) is 41.4 Å². The standard InChI is InChI=1S/C60H46/c1-3-17-41(18-4-1)57-49-23-11-13-25-51(49)59(47-29-27-39-15-7-9-21-43(39)35-47)55-37-45(31-33-53(55)57)46-32-34-54-56(38-46)60(48-30-28-40-16-8-10-22-44(40)36-48)52-26-14-12-24-50(52)58(54)42-19-5-2-6-20-42/h1-31,33-40,43-44,46,53,55H,32H2. The number of allylic oxidation sites excluding steroid dienone is 20. The lowest BCUT2D eigenvalue weighted by Crippen LogP contribution is -2.41. The lowest BCUT2D eigenvalue weighted by atomic mass is 9.66. The van der Waals surface area contributed by atoms with Crippen molar-refractivity contribution in [2.45, 2.75) is 6.42 Å². The summed E-state index contributed by atoms with van der Waals surface area (Å²) >= 11 is 0. The zero-order chi connectivity index (χ0) is 39.6. The summed E-state index contributed by atoms with van der Waals surface area (Å²) in [5.74, 6) is 2.22. The Labute approximate surface area is 352 Å². The van der Waals surface area contributed by atoms with Crippen molar-refractivity contribution in [2.24, 2.45) is 41.4 Å². The smallest absolute Gasteiger partial charge is 0.0140 e. The maximum atomic E-state index is 2.67. The van der Waals surface area contributed by atoms with Gasteiger partial charge in [0.15, 0.2) is 0 Å². The summed E-state index contributed by atoms with van der Waals surface area (Å²) in [6, 6.07) is 40.5. The van der Waals surface area contributed by atoms with E-state index < -0.39 is 0 Å². The Morgan fingerprint density at radius 2 is 0.950 bits per heavy atom. The first kappa shape index (κ1) is 35.2. The monoisotopic (exact) mass is 766 g/mol. The lowest BCUT2D eigenvalue weighted by molar-refractivity contribution is 0.643. The first-order valence-corrected chi connectivity index (χ1v) is 21.9. The van der Waals surface area contributed by atoms with Crippen molar-refractivity contribution in [3.63, 3.8) is 0 Å². The molecule has 0 bridgehead atoms. The van der Waals surface area contributed by atoms with Crippen LogP contribution in [0.15, 0.2) is 224 Å². The number of benzene rings is 5. The molecule has 0 aromatic heterocycles. The lowest BCUT2D eigenvalue weighted by Gasteiger charge is -2.37. The van der Waals surface area contributed by atoms with Gasteiger partial charge in [-0.1, -0.05) is 225 Å². The predicted octanol–water partition coefficient (Wildman–Crippen LogP) is 11.0. The molecule has 0 N–H and O–H groups in total. The van der Waals surface area contributed by atoms with E-state index in [-0.39, 0.29) is 17.8 Å². The summed E-state index contributed by atoms with van der Waals surface area (Å²) in [6.45, 7) is 0. The van der Waals surface area contributed by atoms with Crippen molar-refractivity contribution in [1.29, 1.82) is 0 Å². The van der Waals surface area contributed by atoms with Crippen LogP contribution in [0.5, 0.6) is 0 Å². The van der Waals surface area contributed by atoms with Gasteiger partial charge in [-0.3, -0.25) is 0 Å². The highest BCUT2D eigenvalue weighted by atomic mass is 14.4. The van der Waals surface area contributed by atoms with Crippen molar-refractivity contribution >= 4 is 39.6 Å². The minimum atomic E-state index is 0.198. The molecule has 0 aliphatic heterocycles. The van der Waals surface area contributed by atoms with Gasteiger partial charge in [0.2, 0.25) is 0 Å². The van der Waals surface area contributed by atoms with Gasteiger partial charge in [0.25, 0.3) is 0 Å². The number of hydrogen-bond donors (Lipinski definition) is 0. The Balaban J connectivity index is 1.07. The molecule has 0 nitrogen and oxygen atoms in total. The molecule has 0 saturated carbocycles. The molecule has 0 amide bonds. The zero-order valence-electron chi connectivity index (χ0n) is 33.6. The van der Waals surface area contributed by atoms with Crippen molar-refractivity contribution in [3.05, 3.63) is 256 Å². The molecule has 0 heterocycles. The molecule has 5 aromatic rings. The van der Waals surface area contributed by atoms with Gasteiger partial charge >= 0.3 is 0 Å². The van der Waals surface area contributed by atoms with Crippen LogP contribution in [0.25, 0.3) is 50.8 Å². The SMILES string of the molecule is C1=CC2C=CC(C3=c4ccccc4=C(c4ccccc4)C4C=CC(C5C=c6c(C7=CC8C=CC=CC8C=C7)c7ccccc7c(-c7ccccc7)c6=CC5)=CC34)=CC2C=C1. The molecule has 7 aliphatic carbocycles. The second-order valence-corrected chi connectivity index (χ2v) is 17.3. The Bertz CT molecular complexity index is 3180. The van der Waals surface area contributed by atoms with Gasteiger partial charge in [-0.2, -0.15) is 0 Å². The number of rotatable bonds is 5. The molecule has 60 heavy (non-hydrogen) atoms. The third-order valence-corrected chi connectivity index (χ3v) is 14.0. The normalized spacial score (nSPS) is 26.5. The minimum Gasteiger partial charge on any atom is -0.0767 e. The average Bonchev–Trinajstić information content (AvgIpc) is 3.32. The summed E-state index contributed by atoms with van der Waals surface area (Å²) in [5, 5.41) is 8.08. The molecule has 286 valence electrons. The molecule has 7 aliphatic rings. The van der Waals surface area contributed by atoms with Crippen molar-refractivity contribution < 1.29 is 0 Å². The van der Waals surface area contributed by atoms with E-state index >= 15 is 0 Å². The topological polar surface area (TPSA) is 0 Å². The van der Waals surface area contributed by atoms with E-state index in [1.807, 2.05) is 0 Å². The maximum Gasteiger partial charge on any atom is 0.0140 e. The molecule has 0 spiro atoms. The third kappa shape index (κ3) is 5.81. The zero-order valence-corrected chi connectivity index (χ0v) is 33.6. The summed E-state index contributed by atoms with van der Waals surface area (Å²) < 4.78 is 0. The second kappa shape index (κ2) is 14.5. The van der Waals surface area contributed by atoms with Crippen LogP contribution in [0.2, 0.25) is 0 Å². The third-order valence-electron chi connectivity index (χ3n) is 14.0. The van der Waals surface area contributed by atoms with Gasteiger partial charge in [-0.15, -0.1) is 0 Å². The maximum absolute atomic E-state index is 2.67. The molecular weight excluding hydrogens is 721 g/mol. The van der Waals surface area contributed by atoms with E-state index in [1.54, 1.807) is 0 Å². The van der Waals surface area contributed by atoms with E-state index in [4.69, 9.17) is 0 Å². The van der Waals surface area contributed by atoms with Crippen LogP contribution in [-0.2, 0) is 0 Å². The highest BCUT2D eigenvalue weighted by molar-refractivity contribution is 6.05.